The standard InChI is InChI=1S/C48H33N3/c1-4-14-36(15-5-1)49(37-16-6-2-7-17-37)39-26-28-40(29-27-39)51-46-23-13-11-21-42(46)44-33-35(25-31-48(44)51)34-24-30-47-43(32-34)41-20-10-12-22-45(41)50(47)38-18-8-3-9-19-38/h1-33H/i1D,2D,4D,5D,6D,7D,14D,15D,16D,17D. The molecule has 0 N–H and O–H groups in total. The molecular formula is C48H33N3. The first kappa shape index (κ1) is 20.6. The molecule has 3 heteroatoms. The van der Waals surface area contributed by atoms with Crippen molar-refractivity contribution < 1.29 is 13.7 Å². The summed E-state index contributed by atoms with van der Waals surface area (Å²) in [6.07, 6.45) is 0. The Kier molecular flexibility index (Phi) is 4.83. The quantitative estimate of drug-likeness (QED) is 0.173. The molecule has 0 aliphatic rings. The first-order valence-corrected chi connectivity index (χ1v) is 16.6. The lowest BCUT2D eigenvalue weighted by Crippen LogP contribution is -2.09. The van der Waals surface area contributed by atoms with E-state index in [0.29, 0.717) is 0 Å². The first-order chi connectivity index (χ1) is 29.5. The summed E-state index contributed by atoms with van der Waals surface area (Å²) in [5.41, 5.74) is 7.65. The van der Waals surface area contributed by atoms with E-state index < -0.39 is 60.4 Å². The maximum Gasteiger partial charge on any atom is 0.0645 e. The minimum absolute atomic E-state index is 0.230. The van der Waals surface area contributed by atoms with Gasteiger partial charge in [0.2, 0.25) is 0 Å². The Morgan fingerprint density at radius 3 is 1.29 bits per heavy atom. The fraction of sp³-hybridized carbons (Fsp3) is 0. The minimum Gasteiger partial charge on any atom is -0.311 e. The molecule has 0 aliphatic heterocycles. The van der Waals surface area contributed by atoms with E-state index in [1.165, 1.54) is 5.39 Å². The maximum absolute atomic E-state index is 8.81. The summed E-state index contributed by atoms with van der Waals surface area (Å²) in [6, 6.07) is 40.9. The van der Waals surface area contributed by atoms with Gasteiger partial charge in [-0.3, -0.25) is 0 Å². The van der Waals surface area contributed by atoms with Gasteiger partial charge in [-0.2, -0.15) is 0 Å². The van der Waals surface area contributed by atoms with E-state index in [4.69, 9.17) is 13.7 Å². The van der Waals surface area contributed by atoms with Gasteiger partial charge in [0.1, 0.15) is 0 Å². The minimum atomic E-state index is -0.617. The molecule has 0 bridgehead atoms. The van der Waals surface area contributed by atoms with E-state index in [0.717, 1.165) is 65.6 Å². The second-order valence-electron chi connectivity index (χ2n) is 12.3. The van der Waals surface area contributed by atoms with Crippen LogP contribution in [0.2, 0.25) is 0 Å². The van der Waals surface area contributed by atoms with Crippen molar-refractivity contribution in [3.63, 3.8) is 0 Å². The van der Waals surface area contributed by atoms with Crippen LogP contribution in [0.5, 0.6) is 0 Å². The number of para-hydroxylation sites is 5. The lowest BCUT2D eigenvalue weighted by atomic mass is 10.0. The molecular weight excluding hydrogens is 619 g/mol. The molecule has 240 valence electrons. The highest BCUT2D eigenvalue weighted by molar-refractivity contribution is 6.12. The average molecular weight is 662 g/mol. The smallest absolute Gasteiger partial charge is 0.0645 e. The van der Waals surface area contributed by atoms with Gasteiger partial charge >= 0.3 is 0 Å². The van der Waals surface area contributed by atoms with Crippen LogP contribution in [0.1, 0.15) is 13.7 Å². The summed E-state index contributed by atoms with van der Waals surface area (Å²) in [6.45, 7) is 0. The van der Waals surface area contributed by atoms with Crippen LogP contribution in [0.4, 0.5) is 17.1 Å². The highest BCUT2D eigenvalue weighted by Gasteiger charge is 2.17. The Labute approximate surface area is 310 Å². The van der Waals surface area contributed by atoms with Crippen LogP contribution in [-0.4, -0.2) is 9.13 Å². The highest BCUT2D eigenvalue weighted by atomic mass is 15.1. The molecule has 0 aliphatic carbocycles. The molecule has 0 radical (unpaired) electrons. The molecule has 0 spiro atoms. The molecule has 2 aromatic heterocycles. The van der Waals surface area contributed by atoms with Crippen LogP contribution in [-0.2, 0) is 0 Å². The van der Waals surface area contributed by atoms with Crippen LogP contribution in [0.3, 0.4) is 0 Å². The molecule has 0 saturated carbocycles. The fourth-order valence-electron chi connectivity index (χ4n) is 7.27. The second kappa shape index (κ2) is 11.9. The zero-order chi connectivity index (χ0) is 42.4. The van der Waals surface area contributed by atoms with Crippen molar-refractivity contribution in [2.24, 2.45) is 0 Å². The van der Waals surface area contributed by atoms with Crippen molar-refractivity contribution >= 4 is 60.7 Å². The van der Waals surface area contributed by atoms with Gasteiger partial charge < -0.3 is 14.0 Å². The number of hydrogen-bond donors (Lipinski definition) is 0. The Bertz CT molecular complexity index is 3300. The van der Waals surface area contributed by atoms with Crippen LogP contribution < -0.4 is 4.90 Å². The number of anilines is 3. The maximum atomic E-state index is 8.81. The topological polar surface area (TPSA) is 13.1 Å². The molecule has 0 atom stereocenters. The van der Waals surface area contributed by atoms with Crippen LogP contribution in [0.25, 0.3) is 66.1 Å². The van der Waals surface area contributed by atoms with Crippen molar-refractivity contribution in [3.8, 4) is 22.5 Å². The van der Waals surface area contributed by atoms with E-state index in [1.807, 2.05) is 48.5 Å². The molecule has 3 nitrogen and oxygen atoms in total. The summed E-state index contributed by atoms with van der Waals surface area (Å²) >= 11 is 0. The third kappa shape index (κ3) is 4.82. The van der Waals surface area contributed by atoms with E-state index in [-0.39, 0.29) is 17.1 Å². The van der Waals surface area contributed by atoms with Crippen molar-refractivity contribution in [3.05, 3.63) is 200 Å². The van der Waals surface area contributed by atoms with Crippen LogP contribution in [0.15, 0.2) is 200 Å². The molecule has 10 aromatic rings. The summed E-state index contributed by atoms with van der Waals surface area (Å²) in [5.74, 6) is 0. The van der Waals surface area contributed by atoms with E-state index in [2.05, 4.69) is 88.0 Å². The van der Waals surface area contributed by atoms with Gasteiger partial charge in [-0.1, -0.05) is 103 Å². The van der Waals surface area contributed by atoms with Crippen molar-refractivity contribution in [1.29, 1.82) is 0 Å². The molecule has 0 unspecified atom stereocenters. The molecule has 0 amide bonds. The van der Waals surface area contributed by atoms with E-state index in [1.54, 1.807) is 12.1 Å². The second-order valence-corrected chi connectivity index (χ2v) is 12.3. The van der Waals surface area contributed by atoms with E-state index in [9.17, 15) is 0 Å². The number of hydrogen-bond acceptors (Lipinski definition) is 1. The van der Waals surface area contributed by atoms with Gasteiger partial charge in [0.05, 0.1) is 35.8 Å². The number of fused-ring (bicyclic) bond motifs is 6. The largest absolute Gasteiger partial charge is 0.311 e. The lowest BCUT2D eigenvalue weighted by Gasteiger charge is -2.25. The Balaban J connectivity index is 1.12. The Morgan fingerprint density at radius 1 is 0.353 bits per heavy atom. The summed E-state index contributed by atoms with van der Waals surface area (Å²) in [5, 5.41) is 4.39. The Morgan fingerprint density at radius 2 is 0.784 bits per heavy atom. The third-order valence-electron chi connectivity index (χ3n) is 9.48. The molecule has 2 heterocycles. The van der Waals surface area contributed by atoms with Crippen molar-refractivity contribution in [1.82, 2.24) is 9.13 Å². The van der Waals surface area contributed by atoms with Crippen LogP contribution >= 0.6 is 0 Å². The van der Waals surface area contributed by atoms with Gasteiger partial charge in [-0.05, 0) is 108 Å². The fourth-order valence-corrected chi connectivity index (χ4v) is 7.27. The average Bonchev–Trinajstić information content (AvgIpc) is 3.81. The number of rotatable bonds is 6. The van der Waals surface area contributed by atoms with Crippen molar-refractivity contribution in [2.75, 3.05) is 4.90 Å². The van der Waals surface area contributed by atoms with Gasteiger partial charge in [-0.15, -0.1) is 0 Å². The SMILES string of the molecule is [2H]c1c([2H])c([2H])c(N(c2ccc(-n3c4ccccc4c4cc(-c5ccc6c(c5)c5ccccc5n6-c5ccccc5)ccc43)cc2)c2c([2H])c([2H])c([2H])c([2H])c2[2H])c([2H])c1[2H]. The summed E-state index contributed by atoms with van der Waals surface area (Å²) in [7, 11) is 0. The third-order valence-corrected chi connectivity index (χ3v) is 9.48. The zero-order valence-corrected chi connectivity index (χ0v) is 27.1. The first-order valence-electron chi connectivity index (χ1n) is 21.6. The van der Waals surface area contributed by atoms with Gasteiger partial charge in [0.25, 0.3) is 0 Å². The predicted octanol–water partition coefficient (Wildman–Crippen LogP) is 13.0. The van der Waals surface area contributed by atoms with Gasteiger partial charge in [0.15, 0.2) is 0 Å². The summed E-state index contributed by atoms with van der Waals surface area (Å²) in [4.78, 5) is 1.16. The highest BCUT2D eigenvalue weighted by Crippen LogP contribution is 2.39. The Hall–Kier alpha value is -6.84. The van der Waals surface area contributed by atoms with E-state index >= 15 is 0 Å². The molecule has 51 heavy (non-hydrogen) atoms. The van der Waals surface area contributed by atoms with Gasteiger partial charge in [0, 0.05) is 50.0 Å². The number of nitrogens with zero attached hydrogens (tertiary/aromatic N) is 3. The number of aromatic nitrogens is 2. The zero-order valence-electron chi connectivity index (χ0n) is 37.1. The monoisotopic (exact) mass is 661 g/mol. The van der Waals surface area contributed by atoms with Gasteiger partial charge in [-0.25, -0.2) is 0 Å². The molecule has 0 saturated heterocycles. The number of benzene rings is 8. The van der Waals surface area contributed by atoms with Crippen molar-refractivity contribution in [2.45, 2.75) is 0 Å². The lowest BCUT2D eigenvalue weighted by molar-refractivity contribution is 1.17. The normalized spacial score (nSPS) is 14.3. The summed E-state index contributed by atoms with van der Waals surface area (Å²) < 4.78 is 89.6. The molecule has 0 fully saturated rings. The molecule has 10 rings (SSSR count). The molecule has 8 aromatic carbocycles. The van der Waals surface area contributed by atoms with Crippen LogP contribution in [0, 0.1) is 0 Å². The predicted molar refractivity (Wildman–Crippen MR) is 215 cm³/mol.